The lowest BCUT2D eigenvalue weighted by molar-refractivity contribution is -0.186. The van der Waals surface area contributed by atoms with Crippen molar-refractivity contribution in [2.45, 2.75) is 49.8 Å². The fraction of sp³-hybridized carbons (Fsp3) is 0.579. The molecule has 1 aromatic rings. The number of piperidine rings is 2. The number of amides is 2. The van der Waals surface area contributed by atoms with Gasteiger partial charge in [-0.25, -0.2) is 4.79 Å². The van der Waals surface area contributed by atoms with Crippen LogP contribution in [0.15, 0.2) is 24.3 Å². The number of rotatable bonds is 3. The molecule has 0 radical (unpaired) electrons. The second-order valence-corrected chi connectivity index (χ2v) is 7.39. The summed E-state index contributed by atoms with van der Waals surface area (Å²) in [6, 6.07) is 7.85. The molecule has 4 aliphatic rings. The van der Waals surface area contributed by atoms with Crippen LogP contribution in [0.5, 0.6) is 5.75 Å². The minimum absolute atomic E-state index is 0.0409. The smallest absolute Gasteiger partial charge is 0.410 e. The Balaban J connectivity index is 1.58. The quantitative estimate of drug-likeness (QED) is 0.844. The molecule has 4 fully saturated rings. The summed E-state index contributed by atoms with van der Waals surface area (Å²) in [5.41, 5.74) is 0.462. The third kappa shape index (κ3) is 2.64. The third-order valence-corrected chi connectivity index (χ3v) is 5.96. The minimum atomic E-state index is -0.484. The van der Waals surface area contributed by atoms with E-state index < -0.39 is 5.60 Å². The molecule has 3 heterocycles. The number of likely N-dealkylation sites (N-methyl/N-ethyl adjacent to an activating group) is 1. The molecule has 3 aliphatic heterocycles. The molecule has 1 aromatic carbocycles. The molecule has 2 amide bonds. The van der Waals surface area contributed by atoms with Crippen molar-refractivity contribution < 1.29 is 19.1 Å². The first-order chi connectivity index (χ1) is 12.0. The van der Waals surface area contributed by atoms with Crippen molar-refractivity contribution in [1.82, 2.24) is 9.80 Å². The van der Waals surface area contributed by atoms with Crippen LogP contribution in [-0.4, -0.2) is 60.2 Å². The summed E-state index contributed by atoms with van der Waals surface area (Å²) in [6.45, 7) is 0.555. The van der Waals surface area contributed by atoms with Crippen molar-refractivity contribution in [2.24, 2.45) is 0 Å². The predicted molar refractivity (Wildman–Crippen MR) is 91.4 cm³/mol. The molecule has 6 heteroatoms. The average Bonchev–Trinajstić information content (AvgIpc) is 2.62. The highest BCUT2D eigenvalue weighted by atomic mass is 16.6. The molecule has 0 aromatic heterocycles. The summed E-state index contributed by atoms with van der Waals surface area (Å²) in [6.07, 6.45) is 3.64. The number of fused-ring (bicyclic) bond motifs is 2. The first-order valence-corrected chi connectivity index (χ1v) is 8.90. The van der Waals surface area contributed by atoms with E-state index in [2.05, 4.69) is 0 Å². The maximum absolute atomic E-state index is 13.1. The molecule has 5 rings (SSSR count). The van der Waals surface area contributed by atoms with Crippen LogP contribution in [0.2, 0.25) is 0 Å². The maximum atomic E-state index is 13.1. The largest absolute Gasteiger partial charge is 0.497 e. The fourth-order valence-electron chi connectivity index (χ4n) is 4.65. The molecule has 0 N–H and O–H groups in total. The lowest BCUT2D eigenvalue weighted by Crippen LogP contribution is -2.73. The van der Waals surface area contributed by atoms with Gasteiger partial charge in [-0.3, -0.25) is 4.79 Å². The highest BCUT2D eigenvalue weighted by molar-refractivity contribution is 5.81. The Hall–Kier alpha value is -2.24. The molecule has 134 valence electrons. The molecule has 3 saturated heterocycles. The van der Waals surface area contributed by atoms with Crippen LogP contribution in [0.1, 0.15) is 31.2 Å². The zero-order valence-electron chi connectivity index (χ0n) is 14.7. The van der Waals surface area contributed by atoms with Gasteiger partial charge in [0.05, 0.1) is 19.6 Å². The monoisotopic (exact) mass is 344 g/mol. The summed E-state index contributed by atoms with van der Waals surface area (Å²) in [5.74, 6) is 0.867. The lowest BCUT2D eigenvalue weighted by Gasteiger charge is -2.60. The Morgan fingerprint density at radius 1 is 1.36 bits per heavy atom. The first-order valence-electron chi connectivity index (χ1n) is 8.90. The van der Waals surface area contributed by atoms with Gasteiger partial charge < -0.3 is 19.3 Å². The van der Waals surface area contributed by atoms with E-state index in [0.717, 1.165) is 37.0 Å². The topological polar surface area (TPSA) is 59.1 Å². The van der Waals surface area contributed by atoms with Gasteiger partial charge in [-0.05, 0) is 43.4 Å². The van der Waals surface area contributed by atoms with Gasteiger partial charge in [0, 0.05) is 19.6 Å². The van der Waals surface area contributed by atoms with Gasteiger partial charge in [-0.1, -0.05) is 12.1 Å². The number of hydrogen-bond donors (Lipinski definition) is 0. The maximum Gasteiger partial charge on any atom is 0.410 e. The van der Waals surface area contributed by atoms with E-state index in [1.165, 1.54) is 0 Å². The van der Waals surface area contributed by atoms with Gasteiger partial charge in [0.25, 0.3) is 0 Å². The second-order valence-electron chi connectivity index (χ2n) is 7.39. The lowest BCUT2D eigenvalue weighted by atomic mass is 9.69. The highest BCUT2D eigenvalue weighted by Crippen LogP contribution is 2.47. The normalized spacial score (nSPS) is 30.7. The van der Waals surface area contributed by atoms with Crippen LogP contribution in [-0.2, 0) is 16.0 Å². The Morgan fingerprint density at radius 3 is 2.84 bits per heavy atom. The van der Waals surface area contributed by atoms with Crippen molar-refractivity contribution in [2.75, 3.05) is 20.7 Å². The SMILES string of the molecule is COc1cccc(CC(=O)N2C3CCC4(CC3)OC(=O)N(C)CC24)c1. The van der Waals surface area contributed by atoms with E-state index in [0.29, 0.717) is 13.0 Å². The number of carbonyl (C=O) groups is 2. The Kier molecular flexibility index (Phi) is 3.85. The minimum Gasteiger partial charge on any atom is -0.497 e. The van der Waals surface area contributed by atoms with E-state index in [9.17, 15) is 9.59 Å². The van der Waals surface area contributed by atoms with Crippen molar-refractivity contribution in [3.8, 4) is 5.75 Å². The Bertz CT molecular complexity index is 696. The molecular formula is C19H24N2O4. The van der Waals surface area contributed by atoms with E-state index in [4.69, 9.17) is 9.47 Å². The molecule has 2 bridgehead atoms. The summed E-state index contributed by atoms with van der Waals surface area (Å²) in [4.78, 5) is 28.8. The molecule has 25 heavy (non-hydrogen) atoms. The van der Waals surface area contributed by atoms with E-state index >= 15 is 0 Å². The standard InChI is InChI=1S/C19H24N2O4/c1-20-12-16-19(25-18(20)23)8-6-14(7-9-19)21(16)17(22)11-13-4-3-5-15(10-13)24-2/h3-5,10,14,16H,6-9,11-12H2,1-2H3. The molecule has 1 unspecified atom stereocenters. The van der Waals surface area contributed by atoms with Crippen molar-refractivity contribution >= 4 is 12.0 Å². The van der Waals surface area contributed by atoms with Crippen LogP contribution >= 0.6 is 0 Å². The molecule has 1 aliphatic carbocycles. The third-order valence-electron chi connectivity index (χ3n) is 5.96. The highest BCUT2D eigenvalue weighted by Gasteiger charge is 2.58. The predicted octanol–water partition coefficient (Wildman–Crippen LogP) is 2.21. The van der Waals surface area contributed by atoms with Gasteiger partial charge >= 0.3 is 6.09 Å². The van der Waals surface area contributed by atoms with Gasteiger partial charge in [-0.15, -0.1) is 0 Å². The second kappa shape index (κ2) is 5.93. The zero-order chi connectivity index (χ0) is 17.6. The van der Waals surface area contributed by atoms with Crippen LogP contribution in [0.25, 0.3) is 0 Å². The van der Waals surface area contributed by atoms with E-state index in [-0.39, 0.29) is 24.1 Å². The van der Waals surface area contributed by atoms with Crippen LogP contribution in [0.3, 0.4) is 0 Å². The van der Waals surface area contributed by atoms with E-state index in [1.807, 2.05) is 29.2 Å². The van der Waals surface area contributed by atoms with Crippen molar-refractivity contribution in [1.29, 1.82) is 0 Å². The average molecular weight is 344 g/mol. The first kappa shape index (κ1) is 16.2. The van der Waals surface area contributed by atoms with Crippen molar-refractivity contribution in [3.05, 3.63) is 29.8 Å². The molecule has 1 spiro atoms. The summed E-state index contributed by atoms with van der Waals surface area (Å²) in [5, 5.41) is 0. The van der Waals surface area contributed by atoms with Crippen LogP contribution in [0, 0.1) is 0 Å². The number of methoxy groups -OCH3 is 1. The molecule has 6 nitrogen and oxygen atoms in total. The van der Waals surface area contributed by atoms with Crippen molar-refractivity contribution in [3.63, 3.8) is 0 Å². The van der Waals surface area contributed by atoms with E-state index in [1.54, 1.807) is 19.1 Å². The van der Waals surface area contributed by atoms with Gasteiger partial charge in [0.15, 0.2) is 0 Å². The Morgan fingerprint density at radius 2 is 2.12 bits per heavy atom. The zero-order valence-corrected chi connectivity index (χ0v) is 14.7. The number of ether oxygens (including phenoxy) is 2. The molecule has 1 saturated carbocycles. The summed E-state index contributed by atoms with van der Waals surface area (Å²) >= 11 is 0. The van der Waals surface area contributed by atoms with Gasteiger partial charge in [0.1, 0.15) is 11.4 Å². The fourth-order valence-corrected chi connectivity index (χ4v) is 4.65. The number of benzene rings is 1. The Labute approximate surface area is 147 Å². The summed E-state index contributed by atoms with van der Waals surface area (Å²) < 4.78 is 11.1. The van der Waals surface area contributed by atoms with Crippen LogP contribution < -0.4 is 4.74 Å². The number of hydrogen-bond acceptors (Lipinski definition) is 4. The van der Waals surface area contributed by atoms with Gasteiger partial charge in [-0.2, -0.15) is 0 Å². The number of nitrogens with zero attached hydrogens (tertiary/aromatic N) is 2. The molecule has 1 atom stereocenters. The molecular weight excluding hydrogens is 320 g/mol. The van der Waals surface area contributed by atoms with Crippen LogP contribution in [0.4, 0.5) is 4.79 Å². The summed E-state index contributed by atoms with van der Waals surface area (Å²) in [7, 11) is 3.36. The number of carbonyl (C=O) groups excluding carboxylic acids is 2. The van der Waals surface area contributed by atoms with Gasteiger partial charge in [0.2, 0.25) is 5.91 Å².